The zero-order chi connectivity index (χ0) is 21.1. The van der Waals surface area contributed by atoms with Crippen molar-refractivity contribution in [1.82, 2.24) is 19.8 Å². The molecule has 0 unspecified atom stereocenters. The van der Waals surface area contributed by atoms with Crippen molar-refractivity contribution in [3.8, 4) is 11.3 Å². The Kier molecular flexibility index (Phi) is 6.09. The van der Waals surface area contributed by atoms with Crippen LogP contribution in [0.25, 0.3) is 22.2 Å². The number of carbonyl (C=O) groups is 1. The SMILES string of the molecule is CCCCN1CCN(C(=O)c2cc(-c3ccncc3)nc3c(C)c(C)ccc23)CC1. The lowest BCUT2D eigenvalue weighted by Crippen LogP contribution is -2.48. The molecule has 2 aromatic heterocycles. The maximum Gasteiger partial charge on any atom is 0.254 e. The highest BCUT2D eigenvalue weighted by molar-refractivity contribution is 6.08. The quantitative estimate of drug-likeness (QED) is 0.632. The summed E-state index contributed by atoms with van der Waals surface area (Å²) in [6.45, 7) is 11.0. The second kappa shape index (κ2) is 8.92. The van der Waals surface area contributed by atoms with Crippen LogP contribution in [0, 0.1) is 13.8 Å². The third-order valence-electron chi connectivity index (χ3n) is 6.20. The van der Waals surface area contributed by atoms with Gasteiger partial charge < -0.3 is 4.90 Å². The lowest BCUT2D eigenvalue weighted by molar-refractivity contribution is 0.0637. The normalized spacial score (nSPS) is 15.0. The van der Waals surface area contributed by atoms with Gasteiger partial charge in [0.2, 0.25) is 0 Å². The van der Waals surface area contributed by atoms with Gasteiger partial charge in [0.25, 0.3) is 5.91 Å². The fourth-order valence-corrected chi connectivity index (χ4v) is 4.10. The van der Waals surface area contributed by atoms with Gasteiger partial charge in [0.1, 0.15) is 0 Å². The number of fused-ring (bicyclic) bond motifs is 1. The molecule has 0 spiro atoms. The van der Waals surface area contributed by atoms with Gasteiger partial charge in [-0.05, 0) is 56.1 Å². The summed E-state index contributed by atoms with van der Waals surface area (Å²) in [4.78, 5) is 27.1. The summed E-state index contributed by atoms with van der Waals surface area (Å²) in [5.41, 5.74) is 5.77. The number of hydrogen-bond acceptors (Lipinski definition) is 4. The molecule has 1 aliphatic rings. The Balaban J connectivity index is 1.71. The molecular weight excluding hydrogens is 372 g/mol. The van der Waals surface area contributed by atoms with Crippen LogP contribution in [0.3, 0.4) is 0 Å². The first-order valence-electron chi connectivity index (χ1n) is 10.9. The molecule has 1 saturated heterocycles. The molecule has 3 heterocycles. The Morgan fingerprint density at radius 1 is 1.03 bits per heavy atom. The number of carbonyl (C=O) groups excluding carboxylic acids is 1. The van der Waals surface area contributed by atoms with Gasteiger partial charge in [0.15, 0.2) is 0 Å². The number of aryl methyl sites for hydroxylation is 2. The highest BCUT2D eigenvalue weighted by Crippen LogP contribution is 2.29. The molecule has 1 aromatic carbocycles. The molecular formula is C25H30N4O. The predicted molar refractivity (Wildman–Crippen MR) is 122 cm³/mol. The van der Waals surface area contributed by atoms with Gasteiger partial charge in [-0.25, -0.2) is 4.98 Å². The molecule has 1 aliphatic heterocycles. The zero-order valence-electron chi connectivity index (χ0n) is 18.2. The molecule has 0 atom stereocenters. The summed E-state index contributed by atoms with van der Waals surface area (Å²) >= 11 is 0. The first kappa shape index (κ1) is 20.5. The summed E-state index contributed by atoms with van der Waals surface area (Å²) in [6, 6.07) is 9.98. The summed E-state index contributed by atoms with van der Waals surface area (Å²) in [6.07, 6.45) is 5.96. The van der Waals surface area contributed by atoms with Gasteiger partial charge in [-0.2, -0.15) is 0 Å². The van der Waals surface area contributed by atoms with Gasteiger partial charge in [-0.1, -0.05) is 25.5 Å². The standard InChI is InChI=1S/C25H30N4O/c1-4-5-12-28-13-15-29(16-14-28)25(30)22-17-23(20-8-10-26-11-9-20)27-24-19(3)18(2)6-7-21(22)24/h6-11,17H,4-5,12-16H2,1-3H3. The number of piperazine rings is 1. The van der Waals surface area contributed by atoms with E-state index in [1.807, 2.05) is 29.2 Å². The smallest absolute Gasteiger partial charge is 0.254 e. The molecule has 156 valence electrons. The number of amides is 1. The molecule has 0 radical (unpaired) electrons. The van der Waals surface area contributed by atoms with Crippen molar-refractivity contribution < 1.29 is 4.79 Å². The first-order chi connectivity index (χ1) is 14.6. The number of unbranched alkanes of at least 4 members (excludes halogenated alkanes) is 1. The molecule has 1 amide bonds. The topological polar surface area (TPSA) is 49.3 Å². The van der Waals surface area contributed by atoms with Crippen molar-refractivity contribution >= 4 is 16.8 Å². The largest absolute Gasteiger partial charge is 0.336 e. The van der Waals surface area contributed by atoms with Gasteiger partial charge in [0, 0.05) is 49.5 Å². The Bertz CT molecular complexity index is 1040. The van der Waals surface area contributed by atoms with E-state index in [-0.39, 0.29) is 5.91 Å². The second-order valence-electron chi connectivity index (χ2n) is 8.18. The van der Waals surface area contributed by atoms with Crippen LogP contribution in [-0.2, 0) is 0 Å². The third-order valence-corrected chi connectivity index (χ3v) is 6.20. The number of pyridine rings is 2. The molecule has 1 fully saturated rings. The van der Waals surface area contributed by atoms with E-state index in [1.165, 1.54) is 18.4 Å². The maximum atomic E-state index is 13.6. The van der Waals surface area contributed by atoms with Crippen LogP contribution in [0.2, 0.25) is 0 Å². The molecule has 0 saturated carbocycles. The van der Waals surface area contributed by atoms with Gasteiger partial charge in [-0.3, -0.25) is 14.7 Å². The van der Waals surface area contributed by atoms with Crippen LogP contribution in [0.4, 0.5) is 0 Å². The van der Waals surface area contributed by atoms with Crippen LogP contribution in [0.15, 0.2) is 42.7 Å². The van der Waals surface area contributed by atoms with Crippen molar-refractivity contribution in [2.75, 3.05) is 32.7 Å². The van der Waals surface area contributed by atoms with E-state index < -0.39 is 0 Å². The van der Waals surface area contributed by atoms with Crippen molar-refractivity contribution in [2.45, 2.75) is 33.6 Å². The number of rotatable bonds is 5. The lowest BCUT2D eigenvalue weighted by Gasteiger charge is -2.35. The average molecular weight is 403 g/mol. The Labute approximate surface area is 178 Å². The minimum absolute atomic E-state index is 0.108. The summed E-state index contributed by atoms with van der Waals surface area (Å²) in [7, 11) is 0. The number of benzene rings is 1. The summed E-state index contributed by atoms with van der Waals surface area (Å²) in [5.74, 6) is 0.108. The van der Waals surface area contributed by atoms with Crippen LogP contribution < -0.4 is 0 Å². The van der Waals surface area contributed by atoms with E-state index in [4.69, 9.17) is 4.98 Å². The van der Waals surface area contributed by atoms with E-state index in [1.54, 1.807) is 12.4 Å². The van der Waals surface area contributed by atoms with Crippen molar-refractivity contribution in [2.24, 2.45) is 0 Å². The maximum absolute atomic E-state index is 13.6. The van der Waals surface area contributed by atoms with E-state index in [0.29, 0.717) is 0 Å². The minimum atomic E-state index is 0.108. The Morgan fingerprint density at radius 3 is 2.47 bits per heavy atom. The average Bonchev–Trinajstić information content (AvgIpc) is 2.80. The van der Waals surface area contributed by atoms with E-state index in [9.17, 15) is 4.79 Å². The molecule has 4 rings (SSSR count). The van der Waals surface area contributed by atoms with Crippen LogP contribution in [0.5, 0.6) is 0 Å². The first-order valence-corrected chi connectivity index (χ1v) is 10.9. The highest BCUT2D eigenvalue weighted by atomic mass is 16.2. The Morgan fingerprint density at radius 2 is 1.77 bits per heavy atom. The molecule has 3 aromatic rings. The zero-order valence-corrected chi connectivity index (χ0v) is 18.2. The number of nitrogens with zero attached hydrogens (tertiary/aromatic N) is 4. The van der Waals surface area contributed by atoms with E-state index >= 15 is 0 Å². The fourth-order valence-electron chi connectivity index (χ4n) is 4.10. The monoisotopic (exact) mass is 402 g/mol. The fraction of sp³-hybridized carbons (Fsp3) is 0.400. The van der Waals surface area contributed by atoms with Crippen LogP contribution in [0.1, 0.15) is 41.3 Å². The molecule has 0 aliphatic carbocycles. The van der Waals surface area contributed by atoms with E-state index in [0.717, 1.165) is 66.0 Å². The van der Waals surface area contributed by atoms with Crippen molar-refractivity contribution in [1.29, 1.82) is 0 Å². The molecule has 5 heteroatoms. The Hall–Kier alpha value is -2.79. The number of aromatic nitrogens is 2. The van der Waals surface area contributed by atoms with Crippen molar-refractivity contribution in [3.05, 3.63) is 59.4 Å². The van der Waals surface area contributed by atoms with Gasteiger partial charge >= 0.3 is 0 Å². The molecule has 0 N–H and O–H groups in total. The second-order valence-corrected chi connectivity index (χ2v) is 8.18. The van der Waals surface area contributed by atoms with Gasteiger partial charge in [0.05, 0.1) is 16.8 Å². The molecule has 0 bridgehead atoms. The minimum Gasteiger partial charge on any atom is -0.336 e. The van der Waals surface area contributed by atoms with Crippen LogP contribution in [-0.4, -0.2) is 58.4 Å². The summed E-state index contributed by atoms with van der Waals surface area (Å²) < 4.78 is 0. The molecule has 5 nitrogen and oxygen atoms in total. The van der Waals surface area contributed by atoms with Crippen molar-refractivity contribution in [3.63, 3.8) is 0 Å². The highest BCUT2D eigenvalue weighted by Gasteiger charge is 2.24. The lowest BCUT2D eigenvalue weighted by atomic mass is 9.98. The van der Waals surface area contributed by atoms with Crippen LogP contribution >= 0.6 is 0 Å². The third kappa shape index (κ3) is 4.08. The molecule has 30 heavy (non-hydrogen) atoms. The van der Waals surface area contributed by atoms with E-state index in [2.05, 4.69) is 36.7 Å². The predicted octanol–water partition coefficient (Wildman–Crippen LogP) is 4.47. The van der Waals surface area contributed by atoms with Gasteiger partial charge in [-0.15, -0.1) is 0 Å². The number of hydrogen-bond donors (Lipinski definition) is 0. The summed E-state index contributed by atoms with van der Waals surface area (Å²) in [5, 5.41) is 0.939.